The van der Waals surface area contributed by atoms with Crippen LogP contribution in [-0.2, 0) is 28.9 Å². The van der Waals surface area contributed by atoms with Gasteiger partial charge in [-0.25, -0.2) is 9.37 Å². The number of aromatic nitrogens is 2. The third-order valence-corrected chi connectivity index (χ3v) is 5.90. The minimum absolute atomic E-state index is 0.0287. The molecule has 3 heterocycles. The molecular formula is C25H25FN4O3. The molecule has 0 aliphatic carbocycles. The Morgan fingerprint density at radius 3 is 2.55 bits per heavy atom. The lowest BCUT2D eigenvalue weighted by molar-refractivity contribution is -0.131. The summed E-state index contributed by atoms with van der Waals surface area (Å²) in [6.07, 6.45) is 0.912. The lowest BCUT2D eigenvalue weighted by Crippen LogP contribution is -2.40. The van der Waals surface area contributed by atoms with E-state index in [0.29, 0.717) is 64.1 Å². The summed E-state index contributed by atoms with van der Waals surface area (Å²) in [5.74, 6) is 0.502. The van der Waals surface area contributed by atoms with E-state index in [9.17, 15) is 9.18 Å². The maximum atomic E-state index is 14.3. The zero-order valence-electron chi connectivity index (χ0n) is 18.2. The molecule has 0 N–H and O–H groups in total. The van der Waals surface area contributed by atoms with Crippen LogP contribution in [0.15, 0.2) is 54.6 Å². The van der Waals surface area contributed by atoms with Gasteiger partial charge >= 0.3 is 0 Å². The quantitative estimate of drug-likeness (QED) is 0.596. The molecule has 0 saturated carbocycles. The number of anilines is 1. The van der Waals surface area contributed by atoms with Crippen molar-refractivity contribution in [2.24, 2.45) is 0 Å². The molecule has 1 aromatic heterocycles. The second-order valence-corrected chi connectivity index (χ2v) is 8.11. The number of benzene rings is 2. The zero-order chi connectivity index (χ0) is 22.6. The summed E-state index contributed by atoms with van der Waals surface area (Å²) in [5.41, 5.74) is 2.53. The number of carbonyl (C=O) groups excluding carboxylic acids is 1. The molecule has 0 atom stereocenters. The van der Waals surface area contributed by atoms with Gasteiger partial charge in [-0.3, -0.25) is 4.79 Å². The number of ether oxygens (including phenoxy) is 2. The fraction of sp³-hybridized carbons (Fsp3) is 0.320. The minimum atomic E-state index is -0.467. The van der Waals surface area contributed by atoms with Gasteiger partial charge in [-0.15, -0.1) is 0 Å². The van der Waals surface area contributed by atoms with Gasteiger partial charge in [-0.2, -0.15) is 4.98 Å². The molecule has 0 spiro atoms. The summed E-state index contributed by atoms with van der Waals surface area (Å²) in [6.45, 7) is 3.46. The third-order valence-electron chi connectivity index (χ3n) is 5.90. The fourth-order valence-corrected chi connectivity index (χ4v) is 4.09. The van der Waals surface area contributed by atoms with Crippen LogP contribution in [0.25, 0.3) is 0 Å². The van der Waals surface area contributed by atoms with Crippen LogP contribution in [0.4, 0.5) is 10.3 Å². The molecule has 170 valence electrons. The highest BCUT2D eigenvalue weighted by atomic mass is 19.1. The van der Waals surface area contributed by atoms with Crippen molar-refractivity contribution < 1.29 is 18.7 Å². The van der Waals surface area contributed by atoms with Crippen molar-refractivity contribution >= 4 is 11.9 Å². The Balaban J connectivity index is 1.45. The number of morpholine rings is 1. The number of amides is 1. The summed E-state index contributed by atoms with van der Waals surface area (Å²) in [5, 5.41) is 0. The number of nitrogens with zero attached hydrogens (tertiary/aromatic N) is 4. The van der Waals surface area contributed by atoms with Gasteiger partial charge in [0.1, 0.15) is 0 Å². The van der Waals surface area contributed by atoms with E-state index in [0.717, 1.165) is 16.8 Å². The molecule has 1 amide bonds. The molecular weight excluding hydrogens is 423 g/mol. The molecule has 1 saturated heterocycles. The maximum Gasteiger partial charge on any atom is 0.229 e. The van der Waals surface area contributed by atoms with Gasteiger partial charge in [0.2, 0.25) is 17.7 Å². The average Bonchev–Trinajstić information content (AvgIpc) is 2.86. The Labute approximate surface area is 191 Å². The van der Waals surface area contributed by atoms with E-state index < -0.39 is 5.82 Å². The summed E-state index contributed by atoms with van der Waals surface area (Å²) >= 11 is 0. The number of hydrogen-bond acceptors (Lipinski definition) is 6. The summed E-state index contributed by atoms with van der Waals surface area (Å²) in [6, 6.07) is 15.9. The van der Waals surface area contributed by atoms with E-state index >= 15 is 0 Å². The highest BCUT2D eigenvalue weighted by molar-refractivity contribution is 5.79. The fourth-order valence-electron chi connectivity index (χ4n) is 4.09. The van der Waals surface area contributed by atoms with Crippen LogP contribution < -0.4 is 9.64 Å². The molecule has 0 unspecified atom stereocenters. The largest absolute Gasteiger partial charge is 0.435 e. The Bertz CT molecular complexity index is 1140. The first kappa shape index (κ1) is 21.3. The molecule has 7 nitrogen and oxygen atoms in total. The Kier molecular flexibility index (Phi) is 6.17. The standard InChI is InChI=1S/C25H25FN4O3/c26-20-8-4-5-9-22(20)33-24-19-17-30(23(31)16-18-6-2-1-3-7-18)11-10-21(19)27-25(28-24)29-12-14-32-15-13-29/h1-9H,10-17H2. The smallest absolute Gasteiger partial charge is 0.229 e. The molecule has 2 aliphatic rings. The van der Waals surface area contributed by atoms with Crippen LogP contribution in [0.5, 0.6) is 11.6 Å². The molecule has 3 aromatic rings. The molecule has 0 radical (unpaired) electrons. The van der Waals surface area contributed by atoms with E-state index in [-0.39, 0.29) is 11.7 Å². The number of halogens is 1. The Hall–Kier alpha value is -3.52. The average molecular weight is 448 g/mol. The predicted octanol–water partition coefficient (Wildman–Crippen LogP) is 3.37. The highest BCUT2D eigenvalue weighted by Gasteiger charge is 2.28. The van der Waals surface area contributed by atoms with Crippen LogP contribution in [-0.4, -0.2) is 53.6 Å². The Morgan fingerprint density at radius 1 is 1.00 bits per heavy atom. The van der Waals surface area contributed by atoms with E-state index in [1.807, 2.05) is 35.2 Å². The minimum Gasteiger partial charge on any atom is -0.435 e. The van der Waals surface area contributed by atoms with Gasteiger partial charge in [-0.1, -0.05) is 42.5 Å². The highest BCUT2D eigenvalue weighted by Crippen LogP contribution is 2.32. The van der Waals surface area contributed by atoms with Crippen molar-refractivity contribution in [3.05, 3.63) is 77.2 Å². The van der Waals surface area contributed by atoms with Crippen molar-refractivity contribution in [1.29, 1.82) is 0 Å². The number of hydrogen-bond donors (Lipinski definition) is 0. The summed E-state index contributed by atoms with van der Waals surface area (Å²) < 4.78 is 25.8. The van der Waals surface area contributed by atoms with E-state index in [2.05, 4.69) is 4.98 Å². The number of rotatable bonds is 5. The molecule has 33 heavy (non-hydrogen) atoms. The number of fused-ring (bicyclic) bond motifs is 1. The predicted molar refractivity (Wildman–Crippen MR) is 121 cm³/mol. The van der Waals surface area contributed by atoms with E-state index in [1.165, 1.54) is 6.07 Å². The van der Waals surface area contributed by atoms with Crippen LogP contribution in [0.2, 0.25) is 0 Å². The van der Waals surface area contributed by atoms with Crippen molar-refractivity contribution in [1.82, 2.24) is 14.9 Å². The Morgan fingerprint density at radius 2 is 1.76 bits per heavy atom. The van der Waals surface area contributed by atoms with Crippen molar-refractivity contribution in [2.75, 3.05) is 37.7 Å². The molecule has 0 bridgehead atoms. The second-order valence-electron chi connectivity index (χ2n) is 8.11. The van der Waals surface area contributed by atoms with E-state index in [1.54, 1.807) is 23.1 Å². The topological polar surface area (TPSA) is 67.8 Å². The zero-order valence-corrected chi connectivity index (χ0v) is 18.2. The lowest BCUT2D eigenvalue weighted by atomic mass is 10.0. The van der Waals surface area contributed by atoms with Gasteiger partial charge in [0, 0.05) is 26.1 Å². The van der Waals surface area contributed by atoms with Gasteiger partial charge in [0.05, 0.1) is 37.4 Å². The van der Waals surface area contributed by atoms with Crippen molar-refractivity contribution in [3.8, 4) is 11.6 Å². The van der Waals surface area contributed by atoms with Crippen LogP contribution in [0, 0.1) is 5.82 Å². The van der Waals surface area contributed by atoms with Gasteiger partial charge < -0.3 is 19.3 Å². The summed E-state index contributed by atoms with van der Waals surface area (Å²) in [4.78, 5) is 26.3. The van der Waals surface area contributed by atoms with Gasteiger partial charge in [0.15, 0.2) is 11.6 Å². The first-order valence-corrected chi connectivity index (χ1v) is 11.1. The van der Waals surface area contributed by atoms with Crippen LogP contribution >= 0.6 is 0 Å². The van der Waals surface area contributed by atoms with Crippen molar-refractivity contribution in [2.45, 2.75) is 19.4 Å². The second kappa shape index (κ2) is 9.54. The normalized spacial score (nSPS) is 15.8. The first-order valence-electron chi connectivity index (χ1n) is 11.1. The third kappa shape index (κ3) is 4.80. The summed E-state index contributed by atoms with van der Waals surface area (Å²) in [7, 11) is 0. The van der Waals surface area contributed by atoms with Gasteiger partial charge in [0.25, 0.3) is 0 Å². The lowest BCUT2D eigenvalue weighted by Gasteiger charge is -2.32. The molecule has 8 heteroatoms. The number of para-hydroxylation sites is 1. The molecule has 1 fully saturated rings. The maximum absolute atomic E-state index is 14.3. The molecule has 2 aliphatic heterocycles. The van der Waals surface area contributed by atoms with Crippen LogP contribution in [0.1, 0.15) is 16.8 Å². The van der Waals surface area contributed by atoms with E-state index in [4.69, 9.17) is 14.5 Å². The first-order chi connectivity index (χ1) is 16.2. The van der Waals surface area contributed by atoms with Gasteiger partial charge in [-0.05, 0) is 17.7 Å². The molecule has 2 aromatic carbocycles. The monoisotopic (exact) mass is 448 g/mol. The van der Waals surface area contributed by atoms with Crippen molar-refractivity contribution in [3.63, 3.8) is 0 Å². The molecule has 5 rings (SSSR count). The SMILES string of the molecule is O=C(Cc1ccccc1)N1CCc2nc(N3CCOCC3)nc(Oc3ccccc3F)c2C1. The van der Waals surface area contributed by atoms with Crippen LogP contribution in [0.3, 0.4) is 0 Å². The number of carbonyl (C=O) groups is 1.